The summed E-state index contributed by atoms with van der Waals surface area (Å²) in [4.78, 5) is 31.7. The summed E-state index contributed by atoms with van der Waals surface area (Å²) >= 11 is 0. The van der Waals surface area contributed by atoms with E-state index in [-0.39, 0.29) is 18.2 Å². The molecule has 1 aliphatic heterocycles. The molecule has 0 bridgehead atoms. The molecule has 0 aliphatic carbocycles. The van der Waals surface area contributed by atoms with E-state index in [1.807, 2.05) is 72.8 Å². The van der Waals surface area contributed by atoms with Gasteiger partial charge in [-0.15, -0.1) is 0 Å². The van der Waals surface area contributed by atoms with Gasteiger partial charge in [0, 0.05) is 29.9 Å². The minimum atomic E-state index is -0.395. The standard InChI is InChI=1S/C24H19N3O2/c28-23-14-17(15-27(23)22-12-3-7-16-6-1-2-8-18(16)22)24(29)26-21-11-4-10-20-19(21)9-5-13-25-20/h1-13,17H,14-15H2,(H,26,29)/t17-/m1/s1. The van der Waals surface area contributed by atoms with E-state index in [2.05, 4.69) is 10.3 Å². The third-order valence-electron chi connectivity index (χ3n) is 5.46. The van der Waals surface area contributed by atoms with Crippen molar-refractivity contribution in [2.45, 2.75) is 6.42 Å². The van der Waals surface area contributed by atoms with Crippen LogP contribution in [0.3, 0.4) is 0 Å². The Kier molecular flexibility index (Phi) is 4.21. The molecule has 4 aromatic rings. The Labute approximate surface area is 168 Å². The van der Waals surface area contributed by atoms with Crippen LogP contribution in [-0.2, 0) is 9.59 Å². The van der Waals surface area contributed by atoms with Crippen LogP contribution in [0.2, 0.25) is 0 Å². The Morgan fingerprint density at radius 2 is 1.72 bits per heavy atom. The van der Waals surface area contributed by atoms with E-state index in [0.29, 0.717) is 6.54 Å². The first-order chi connectivity index (χ1) is 14.2. The van der Waals surface area contributed by atoms with Crippen molar-refractivity contribution in [3.8, 4) is 0 Å². The maximum Gasteiger partial charge on any atom is 0.229 e. The van der Waals surface area contributed by atoms with E-state index in [4.69, 9.17) is 0 Å². The number of amides is 2. The zero-order valence-electron chi connectivity index (χ0n) is 15.7. The molecule has 1 atom stereocenters. The molecule has 142 valence electrons. The zero-order valence-corrected chi connectivity index (χ0v) is 15.7. The van der Waals surface area contributed by atoms with Gasteiger partial charge in [-0.25, -0.2) is 0 Å². The second-order valence-electron chi connectivity index (χ2n) is 7.27. The van der Waals surface area contributed by atoms with Crippen LogP contribution in [0.4, 0.5) is 11.4 Å². The molecule has 3 aromatic carbocycles. The third-order valence-corrected chi connectivity index (χ3v) is 5.46. The van der Waals surface area contributed by atoms with Crippen LogP contribution < -0.4 is 10.2 Å². The fourth-order valence-corrected chi connectivity index (χ4v) is 4.01. The van der Waals surface area contributed by atoms with Gasteiger partial charge < -0.3 is 10.2 Å². The van der Waals surface area contributed by atoms with E-state index in [0.717, 1.165) is 33.1 Å². The fourth-order valence-electron chi connectivity index (χ4n) is 4.01. The van der Waals surface area contributed by atoms with Crippen molar-refractivity contribution < 1.29 is 9.59 Å². The number of carbonyl (C=O) groups is 2. The van der Waals surface area contributed by atoms with E-state index < -0.39 is 5.92 Å². The highest BCUT2D eigenvalue weighted by Gasteiger charge is 2.35. The minimum absolute atomic E-state index is 0.0268. The average Bonchev–Trinajstić information content (AvgIpc) is 3.15. The van der Waals surface area contributed by atoms with Gasteiger partial charge in [-0.05, 0) is 35.7 Å². The number of hydrogen-bond donors (Lipinski definition) is 1. The molecule has 5 heteroatoms. The van der Waals surface area contributed by atoms with Crippen LogP contribution in [0.1, 0.15) is 6.42 Å². The Hall–Kier alpha value is -3.73. The molecular formula is C24H19N3O2. The van der Waals surface area contributed by atoms with Crippen LogP contribution in [0.5, 0.6) is 0 Å². The molecule has 5 rings (SSSR count). The molecular weight excluding hydrogens is 362 g/mol. The number of hydrogen-bond acceptors (Lipinski definition) is 3. The van der Waals surface area contributed by atoms with Crippen LogP contribution in [0, 0.1) is 5.92 Å². The Balaban J connectivity index is 1.40. The number of carbonyl (C=O) groups excluding carboxylic acids is 2. The molecule has 5 nitrogen and oxygen atoms in total. The van der Waals surface area contributed by atoms with Crippen molar-refractivity contribution in [1.82, 2.24) is 4.98 Å². The lowest BCUT2D eigenvalue weighted by Crippen LogP contribution is -2.28. The number of nitrogens with zero attached hydrogens (tertiary/aromatic N) is 2. The summed E-state index contributed by atoms with van der Waals surface area (Å²) in [5.41, 5.74) is 2.40. The van der Waals surface area contributed by atoms with Crippen LogP contribution in [0.25, 0.3) is 21.7 Å². The highest BCUT2D eigenvalue weighted by molar-refractivity contribution is 6.09. The number of aromatic nitrogens is 1. The molecule has 0 saturated carbocycles. The quantitative estimate of drug-likeness (QED) is 0.573. The number of benzene rings is 3. The molecule has 2 amide bonds. The van der Waals surface area contributed by atoms with Crippen molar-refractivity contribution in [2.75, 3.05) is 16.8 Å². The Bertz CT molecular complexity index is 1240. The minimum Gasteiger partial charge on any atom is -0.325 e. The lowest BCUT2D eigenvalue weighted by atomic mass is 10.1. The van der Waals surface area contributed by atoms with Gasteiger partial charge in [-0.1, -0.05) is 42.5 Å². The summed E-state index contributed by atoms with van der Waals surface area (Å²) in [5, 5.41) is 5.98. The summed E-state index contributed by atoms with van der Waals surface area (Å²) in [7, 11) is 0. The summed E-state index contributed by atoms with van der Waals surface area (Å²) in [6, 6.07) is 23.3. The third kappa shape index (κ3) is 3.10. The fraction of sp³-hybridized carbons (Fsp3) is 0.125. The molecule has 1 N–H and O–H groups in total. The number of anilines is 2. The molecule has 0 unspecified atom stereocenters. The van der Waals surface area contributed by atoms with Crippen molar-refractivity contribution in [1.29, 1.82) is 0 Å². The summed E-state index contributed by atoms with van der Waals surface area (Å²) in [6.07, 6.45) is 1.93. The zero-order chi connectivity index (χ0) is 19.8. The largest absolute Gasteiger partial charge is 0.325 e. The van der Waals surface area contributed by atoms with E-state index in [1.54, 1.807) is 11.1 Å². The van der Waals surface area contributed by atoms with E-state index >= 15 is 0 Å². The average molecular weight is 381 g/mol. The summed E-state index contributed by atoms with van der Waals surface area (Å²) < 4.78 is 0. The smallest absolute Gasteiger partial charge is 0.229 e. The highest BCUT2D eigenvalue weighted by Crippen LogP contribution is 2.32. The Morgan fingerprint density at radius 1 is 0.931 bits per heavy atom. The predicted octanol–water partition coefficient (Wildman–Crippen LogP) is 4.38. The van der Waals surface area contributed by atoms with Gasteiger partial charge in [0.1, 0.15) is 0 Å². The van der Waals surface area contributed by atoms with Gasteiger partial charge in [-0.3, -0.25) is 14.6 Å². The Morgan fingerprint density at radius 3 is 2.66 bits per heavy atom. The highest BCUT2D eigenvalue weighted by atomic mass is 16.2. The van der Waals surface area contributed by atoms with E-state index in [1.165, 1.54) is 0 Å². The molecule has 0 spiro atoms. The van der Waals surface area contributed by atoms with Gasteiger partial charge in [0.15, 0.2) is 0 Å². The predicted molar refractivity (Wildman–Crippen MR) is 115 cm³/mol. The first-order valence-corrected chi connectivity index (χ1v) is 9.63. The molecule has 1 aliphatic rings. The van der Waals surface area contributed by atoms with Crippen molar-refractivity contribution in [3.05, 3.63) is 79.0 Å². The summed E-state index contributed by atoms with van der Waals surface area (Å²) in [6.45, 7) is 0.377. The van der Waals surface area contributed by atoms with Crippen molar-refractivity contribution in [3.63, 3.8) is 0 Å². The maximum absolute atomic E-state index is 12.9. The summed E-state index contributed by atoms with van der Waals surface area (Å²) in [5.74, 6) is -0.563. The molecule has 1 fully saturated rings. The molecule has 29 heavy (non-hydrogen) atoms. The molecule has 0 radical (unpaired) electrons. The maximum atomic E-state index is 12.9. The van der Waals surface area contributed by atoms with E-state index in [9.17, 15) is 9.59 Å². The van der Waals surface area contributed by atoms with Gasteiger partial charge in [0.2, 0.25) is 11.8 Å². The lowest BCUT2D eigenvalue weighted by Gasteiger charge is -2.19. The van der Waals surface area contributed by atoms with Crippen LogP contribution in [0.15, 0.2) is 79.0 Å². The van der Waals surface area contributed by atoms with Gasteiger partial charge in [-0.2, -0.15) is 0 Å². The van der Waals surface area contributed by atoms with Crippen molar-refractivity contribution in [2.24, 2.45) is 5.92 Å². The number of rotatable bonds is 3. The normalized spacial score (nSPS) is 16.5. The van der Waals surface area contributed by atoms with Crippen molar-refractivity contribution >= 4 is 44.9 Å². The molecule has 1 saturated heterocycles. The molecule has 2 heterocycles. The van der Waals surface area contributed by atoms with Crippen LogP contribution >= 0.6 is 0 Å². The van der Waals surface area contributed by atoms with Gasteiger partial charge in [0.05, 0.1) is 22.8 Å². The first kappa shape index (κ1) is 17.4. The number of nitrogens with one attached hydrogen (secondary N) is 1. The number of fused-ring (bicyclic) bond motifs is 2. The van der Waals surface area contributed by atoms with Crippen LogP contribution in [-0.4, -0.2) is 23.3 Å². The topological polar surface area (TPSA) is 62.3 Å². The first-order valence-electron chi connectivity index (χ1n) is 9.63. The molecule has 1 aromatic heterocycles. The number of pyridine rings is 1. The van der Waals surface area contributed by atoms with Gasteiger partial charge >= 0.3 is 0 Å². The van der Waals surface area contributed by atoms with Gasteiger partial charge in [0.25, 0.3) is 0 Å². The second kappa shape index (κ2) is 7.02. The monoisotopic (exact) mass is 381 g/mol. The lowest BCUT2D eigenvalue weighted by molar-refractivity contribution is -0.122. The SMILES string of the molecule is O=C(Nc1cccc2ncccc12)[C@@H]1CC(=O)N(c2cccc3ccccc23)C1. The second-order valence-corrected chi connectivity index (χ2v) is 7.27.